The number of urea groups is 1. The molecule has 0 aromatic rings. The normalized spacial score (nSPS) is 16.8. The highest BCUT2D eigenvalue weighted by molar-refractivity contribution is 5.75. The highest BCUT2D eigenvalue weighted by Gasteiger charge is 2.32. The van der Waals surface area contributed by atoms with Crippen molar-refractivity contribution in [1.29, 1.82) is 0 Å². The fourth-order valence-electron chi connectivity index (χ4n) is 2.18. The third-order valence-electron chi connectivity index (χ3n) is 3.74. The number of carbonyl (C=O) groups is 1. The number of nitrogens with zero attached hydrogens (tertiary/aromatic N) is 1. The lowest BCUT2D eigenvalue weighted by Crippen LogP contribution is -2.45. The van der Waals surface area contributed by atoms with Gasteiger partial charge >= 0.3 is 6.03 Å². The van der Waals surface area contributed by atoms with Crippen molar-refractivity contribution in [3.63, 3.8) is 0 Å². The van der Waals surface area contributed by atoms with E-state index in [0.29, 0.717) is 17.9 Å². The Labute approximate surface area is 119 Å². The molecule has 19 heavy (non-hydrogen) atoms. The molecule has 1 fully saturated rings. The zero-order valence-corrected chi connectivity index (χ0v) is 13.4. The van der Waals surface area contributed by atoms with Gasteiger partial charge in [0.2, 0.25) is 0 Å². The molecule has 1 atom stereocenters. The minimum absolute atomic E-state index is 0.152. The molecule has 1 rings (SSSR count). The third kappa shape index (κ3) is 6.84. The van der Waals surface area contributed by atoms with Gasteiger partial charge < -0.3 is 10.2 Å². The zero-order valence-electron chi connectivity index (χ0n) is 13.4. The molecule has 1 N–H and O–H groups in total. The van der Waals surface area contributed by atoms with Gasteiger partial charge in [0.25, 0.3) is 0 Å². The minimum Gasteiger partial charge on any atom is -0.336 e. The molecule has 0 heterocycles. The van der Waals surface area contributed by atoms with Crippen LogP contribution in [0.15, 0.2) is 0 Å². The van der Waals surface area contributed by atoms with Gasteiger partial charge in [-0.05, 0) is 50.9 Å². The van der Waals surface area contributed by atoms with Gasteiger partial charge in [0.15, 0.2) is 0 Å². The summed E-state index contributed by atoms with van der Waals surface area (Å²) in [6, 6.07) is 0.950. The molecule has 0 radical (unpaired) electrons. The van der Waals surface area contributed by atoms with E-state index in [4.69, 9.17) is 0 Å². The standard InChI is InChI=1S/C16H32N2O/c1-12(2)6-7-14(5)17-16(19)18(15-8-9-15)11-10-13(3)4/h12-15H,6-11H2,1-5H3,(H,17,19). The quantitative estimate of drug-likeness (QED) is 0.708. The lowest BCUT2D eigenvalue weighted by Gasteiger charge is -2.26. The molecule has 1 saturated carbocycles. The van der Waals surface area contributed by atoms with E-state index in [-0.39, 0.29) is 12.1 Å². The van der Waals surface area contributed by atoms with E-state index in [1.807, 2.05) is 0 Å². The van der Waals surface area contributed by atoms with Crippen LogP contribution in [-0.4, -0.2) is 29.6 Å². The van der Waals surface area contributed by atoms with Crippen LogP contribution in [-0.2, 0) is 0 Å². The minimum atomic E-state index is 0.152. The van der Waals surface area contributed by atoms with Crippen molar-refractivity contribution in [2.45, 2.75) is 78.8 Å². The molecular formula is C16H32N2O. The molecule has 1 aliphatic carbocycles. The summed E-state index contributed by atoms with van der Waals surface area (Å²) in [5.41, 5.74) is 0. The Morgan fingerprint density at radius 2 is 1.63 bits per heavy atom. The van der Waals surface area contributed by atoms with E-state index in [1.165, 1.54) is 19.3 Å². The molecular weight excluding hydrogens is 236 g/mol. The van der Waals surface area contributed by atoms with E-state index in [0.717, 1.165) is 19.4 Å². The lowest BCUT2D eigenvalue weighted by atomic mass is 10.0. The smallest absolute Gasteiger partial charge is 0.317 e. The summed E-state index contributed by atoms with van der Waals surface area (Å²) in [4.78, 5) is 14.4. The van der Waals surface area contributed by atoms with Crippen molar-refractivity contribution in [3.05, 3.63) is 0 Å². The van der Waals surface area contributed by atoms with Gasteiger partial charge in [-0.2, -0.15) is 0 Å². The van der Waals surface area contributed by atoms with Crippen LogP contribution in [0.3, 0.4) is 0 Å². The van der Waals surface area contributed by atoms with Crippen LogP contribution in [0, 0.1) is 11.8 Å². The molecule has 0 bridgehead atoms. The number of nitrogens with one attached hydrogen (secondary N) is 1. The number of amides is 2. The summed E-state index contributed by atoms with van der Waals surface area (Å²) < 4.78 is 0. The molecule has 0 spiro atoms. The maximum Gasteiger partial charge on any atom is 0.317 e. The number of rotatable bonds is 8. The second-order valence-electron chi connectivity index (χ2n) is 6.93. The van der Waals surface area contributed by atoms with Crippen molar-refractivity contribution >= 4 is 6.03 Å². The molecule has 3 nitrogen and oxygen atoms in total. The van der Waals surface area contributed by atoms with Crippen LogP contribution in [0.1, 0.15) is 66.7 Å². The van der Waals surface area contributed by atoms with E-state index < -0.39 is 0 Å². The van der Waals surface area contributed by atoms with E-state index in [9.17, 15) is 4.79 Å². The van der Waals surface area contributed by atoms with Crippen LogP contribution in [0.25, 0.3) is 0 Å². The second-order valence-corrected chi connectivity index (χ2v) is 6.93. The zero-order chi connectivity index (χ0) is 14.4. The van der Waals surface area contributed by atoms with Gasteiger partial charge in [-0.1, -0.05) is 27.7 Å². The first kappa shape index (κ1) is 16.3. The average molecular weight is 268 g/mol. The van der Waals surface area contributed by atoms with Crippen LogP contribution in [0.4, 0.5) is 4.79 Å². The van der Waals surface area contributed by atoms with Gasteiger partial charge in [-0.25, -0.2) is 4.79 Å². The van der Waals surface area contributed by atoms with Crippen LogP contribution in [0.2, 0.25) is 0 Å². The summed E-state index contributed by atoms with van der Waals surface area (Å²) in [6.07, 6.45) is 5.73. The van der Waals surface area contributed by atoms with Crippen molar-refractivity contribution in [2.75, 3.05) is 6.54 Å². The van der Waals surface area contributed by atoms with Crippen molar-refractivity contribution in [1.82, 2.24) is 10.2 Å². The fraction of sp³-hybridized carbons (Fsp3) is 0.938. The number of hydrogen-bond acceptors (Lipinski definition) is 1. The monoisotopic (exact) mass is 268 g/mol. The van der Waals surface area contributed by atoms with E-state index in [1.54, 1.807) is 0 Å². The highest BCUT2D eigenvalue weighted by atomic mass is 16.2. The van der Waals surface area contributed by atoms with Gasteiger partial charge in [0, 0.05) is 18.6 Å². The summed E-state index contributed by atoms with van der Waals surface area (Å²) in [6.45, 7) is 11.9. The molecule has 0 aliphatic heterocycles. The first-order valence-corrected chi connectivity index (χ1v) is 7.97. The van der Waals surface area contributed by atoms with E-state index in [2.05, 4.69) is 44.8 Å². The molecule has 112 valence electrons. The summed E-state index contributed by atoms with van der Waals surface area (Å²) >= 11 is 0. The Morgan fingerprint density at radius 3 is 2.11 bits per heavy atom. The predicted octanol–water partition coefficient (Wildman–Crippen LogP) is 4.03. The molecule has 1 unspecified atom stereocenters. The lowest BCUT2D eigenvalue weighted by molar-refractivity contribution is 0.187. The second kappa shape index (κ2) is 7.76. The van der Waals surface area contributed by atoms with Gasteiger partial charge in [-0.3, -0.25) is 0 Å². The topological polar surface area (TPSA) is 32.3 Å². The summed E-state index contributed by atoms with van der Waals surface area (Å²) in [5, 5.41) is 3.17. The number of carbonyl (C=O) groups excluding carboxylic acids is 1. The molecule has 3 heteroatoms. The molecule has 0 aromatic carbocycles. The molecule has 1 aliphatic rings. The third-order valence-corrected chi connectivity index (χ3v) is 3.74. The molecule has 0 saturated heterocycles. The Hall–Kier alpha value is -0.730. The Kier molecular flexibility index (Phi) is 6.67. The van der Waals surface area contributed by atoms with Gasteiger partial charge in [-0.15, -0.1) is 0 Å². The average Bonchev–Trinajstić information content (AvgIpc) is 3.10. The first-order valence-electron chi connectivity index (χ1n) is 7.97. The van der Waals surface area contributed by atoms with Gasteiger partial charge in [0.1, 0.15) is 0 Å². The van der Waals surface area contributed by atoms with Crippen molar-refractivity contribution in [3.8, 4) is 0 Å². The van der Waals surface area contributed by atoms with Crippen LogP contribution >= 0.6 is 0 Å². The largest absolute Gasteiger partial charge is 0.336 e. The van der Waals surface area contributed by atoms with Crippen LogP contribution < -0.4 is 5.32 Å². The summed E-state index contributed by atoms with van der Waals surface area (Å²) in [7, 11) is 0. The molecule has 2 amide bonds. The highest BCUT2D eigenvalue weighted by Crippen LogP contribution is 2.27. The maximum absolute atomic E-state index is 12.3. The van der Waals surface area contributed by atoms with E-state index >= 15 is 0 Å². The Balaban J connectivity index is 2.34. The SMILES string of the molecule is CC(C)CCC(C)NC(=O)N(CCC(C)C)C1CC1. The Bertz CT molecular complexity index is 272. The van der Waals surface area contributed by atoms with Crippen molar-refractivity contribution < 1.29 is 4.79 Å². The Morgan fingerprint density at radius 1 is 1.05 bits per heavy atom. The number of hydrogen-bond donors (Lipinski definition) is 1. The van der Waals surface area contributed by atoms with Crippen molar-refractivity contribution in [2.24, 2.45) is 11.8 Å². The fourth-order valence-corrected chi connectivity index (χ4v) is 2.18. The van der Waals surface area contributed by atoms with Gasteiger partial charge in [0.05, 0.1) is 0 Å². The first-order chi connectivity index (χ1) is 8.90. The molecule has 0 aromatic heterocycles. The maximum atomic E-state index is 12.3. The summed E-state index contributed by atoms with van der Waals surface area (Å²) in [5.74, 6) is 1.37. The predicted molar refractivity (Wildman–Crippen MR) is 81.2 cm³/mol. The van der Waals surface area contributed by atoms with Crippen LogP contribution in [0.5, 0.6) is 0 Å².